The Balaban J connectivity index is 1.99. The van der Waals surface area contributed by atoms with Crippen LogP contribution in [0.25, 0.3) is 0 Å². The van der Waals surface area contributed by atoms with Gasteiger partial charge in [0.2, 0.25) is 5.69 Å². The largest absolute Gasteiger partial charge is 0.231 e. The number of fused-ring (bicyclic) bond motifs is 2. The molecule has 3 rings (SSSR count). The van der Waals surface area contributed by atoms with E-state index in [4.69, 9.17) is 5.11 Å². The van der Waals surface area contributed by atoms with Crippen molar-refractivity contribution in [2.75, 3.05) is 0 Å². The minimum absolute atomic E-state index is 0.205. The maximum Gasteiger partial charge on any atom is 0.231 e. The fourth-order valence-corrected chi connectivity index (χ4v) is 3.09. The van der Waals surface area contributed by atoms with Crippen molar-refractivity contribution in [3.63, 3.8) is 0 Å². The van der Waals surface area contributed by atoms with E-state index in [2.05, 4.69) is 42.0 Å². The van der Waals surface area contributed by atoms with Crippen LogP contribution in [-0.4, -0.2) is 16.3 Å². The fraction of sp³-hybridized carbons (Fsp3) is 0.571. The Bertz CT molecular complexity index is 410. The molecule has 2 bridgehead atoms. The summed E-state index contributed by atoms with van der Waals surface area (Å²) in [6.07, 6.45) is 6.50. The number of hydrogen-bond donors (Lipinski definition) is 0. The normalized spacial score (nSPS) is 33.3. The Morgan fingerprint density at radius 2 is 2.06 bits per heavy atom. The van der Waals surface area contributed by atoms with Gasteiger partial charge in [-0.2, -0.15) is 0 Å². The first-order chi connectivity index (χ1) is 7.77. The summed E-state index contributed by atoms with van der Waals surface area (Å²) in [6, 6.07) is 11.2. The number of para-hydroxylation sites is 1. The van der Waals surface area contributed by atoms with Crippen molar-refractivity contribution in [3.8, 4) is 0 Å². The molecule has 0 spiro atoms. The van der Waals surface area contributed by atoms with E-state index in [9.17, 15) is 0 Å². The highest BCUT2D eigenvalue weighted by molar-refractivity contribution is 5.28. The zero-order valence-electron chi connectivity index (χ0n) is 9.89. The molecule has 0 N–H and O–H groups in total. The van der Waals surface area contributed by atoms with Crippen LogP contribution in [0.2, 0.25) is 0 Å². The summed E-state index contributed by atoms with van der Waals surface area (Å²) < 4.78 is 2.28. The summed E-state index contributed by atoms with van der Waals surface area (Å²) >= 11 is 0. The zero-order chi connectivity index (χ0) is 11.0. The third kappa shape index (κ3) is 1.66. The molecule has 16 heavy (non-hydrogen) atoms. The van der Waals surface area contributed by atoms with E-state index in [0.717, 1.165) is 0 Å². The molecule has 84 valence electrons. The average molecular weight is 215 g/mol. The van der Waals surface area contributed by atoms with E-state index in [0.29, 0.717) is 6.04 Å². The van der Waals surface area contributed by atoms with Crippen molar-refractivity contribution in [3.05, 3.63) is 30.3 Å². The maximum atomic E-state index is 4.95. The summed E-state index contributed by atoms with van der Waals surface area (Å²) in [6.45, 7) is 2.31. The van der Waals surface area contributed by atoms with Gasteiger partial charge in [-0.3, -0.25) is 0 Å². The highest BCUT2D eigenvalue weighted by Gasteiger charge is 2.45. The molecule has 2 nitrogen and oxygen atoms in total. The molecule has 1 aliphatic carbocycles. The first kappa shape index (κ1) is 10.0. The number of benzene rings is 1. The van der Waals surface area contributed by atoms with Crippen molar-refractivity contribution in [2.24, 2.45) is 5.11 Å². The molecule has 1 heterocycles. The number of azo groups is 2. The van der Waals surface area contributed by atoms with E-state index in [1.165, 1.54) is 37.8 Å². The van der Waals surface area contributed by atoms with E-state index in [-0.39, 0.29) is 5.54 Å². The van der Waals surface area contributed by atoms with Gasteiger partial charge in [0.25, 0.3) is 0 Å². The van der Waals surface area contributed by atoms with Crippen LogP contribution < -0.4 is 0 Å². The molecule has 0 radical (unpaired) electrons. The third-order valence-electron chi connectivity index (χ3n) is 3.89. The van der Waals surface area contributed by atoms with Gasteiger partial charge in [0.1, 0.15) is 5.54 Å². The van der Waals surface area contributed by atoms with Gasteiger partial charge in [-0.25, -0.2) is 0 Å². The highest BCUT2D eigenvalue weighted by atomic mass is 15.4. The molecule has 0 unspecified atom stereocenters. The van der Waals surface area contributed by atoms with Gasteiger partial charge in [0.05, 0.1) is 0 Å². The first-order valence-corrected chi connectivity index (χ1v) is 6.34. The van der Waals surface area contributed by atoms with Crippen LogP contribution in [0.1, 0.15) is 39.0 Å². The summed E-state index contributed by atoms with van der Waals surface area (Å²) in [7, 11) is 0. The second kappa shape index (κ2) is 3.69. The van der Waals surface area contributed by atoms with Crippen LogP contribution in [0.15, 0.2) is 35.4 Å². The molecule has 1 aliphatic heterocycles. The van der Waals surface area contributed by atoms with Crippen molar-refractivity contribution < 1.29 is 4.70 Å². The Labute approximate surface area is 97.0 Å². The second-order valence-electron chi connectivity index (χ2n) is 5.38. The van der Waals surface area contributed by atoms with Crippen molar-refractivity contribution in [1.82, 2.24) is 0 Å². The van der Waals surface area contributed by atoms with Crippen LogP contribution in [-0.2, 0) is 0 Å². The Hall–Kier alpha value is -1.18. The second-order valence-corrected chi connectivity index (χ2v) is 5.38. The highest BCUT2D eigenvalue weighted by Crippen LogP contribution is 2.39. The first-order valence-electron chi connectivity index (χ1n) is 6.34. The van der Waals surface area contributed by atoms with Crippen LogP contribution in [0, 0.1) is 0 Å². The summed E-state index contributed by atoms with van der Waals surface area (Å²) in [5.41, 5.74) is 1.47. The van der Waals surface area contributed by atoms with Gasteiger partial charge >= 0.3 is 0 Å². The van der Waals surface area contributed by atoms with Gasteiger partial charge in [-0.15, -0.1) is 0 Å². The third-order valence-corrected chi connectivity index (χ3v) is 3.89. The molecule has 1 aromatic rings. The van der Waals surface area contributed by atoms with Crippen molar-refractivity contribution in [2.45, 2.75) is 50.6 Å². The van der Waals surface area contributed by atoms with Crippen LogP contribution >= 0.6 is 0 Å². The molecule has 1 aromatic carbocycles. The van der Waals surface area contributed by atoms with Crippen LogP contribution in [0.3, 0.4) is 0 Å². The molecular formula is C14H19N2+. The molecule has 0 saturated heterocycles. The predicted octanol–water partition coefficient (Wildman–Crippen LogP) is 3.89. The smallest absolute Gasteiger partial charge is 0.0858 e. The van der Waals surface area contributed by atoms with E-state index < -0.39 is 0 Å². The summed E-state index contributed by atoms with van der Waals surface area (Å²) in [5.74, 6) is 0. The number of rotatable bonds is 1. The van der Waals surface area contributed by atoms with Gasteiger partial charge in [-0.1, -0.05) is 29.3 Å². The lowest BCUT2D eigenvalue weighted by atomic mass is 9.94. The lowest BCUT2D eigenvalue weighted by Gasteiger charge is -2.11. The lowest BCUT2D eigenvalue weighted by molar-refractivity contribution is -0.540. The number of hydrogen-bond acceptors (Lipinski definition) is 1. The summed E-state index contributed by atoms with van der Waals surface area (Å²) in [4.78, 5) is 0. The Kier molecular flexibility index (Phi) is 2.31. The molecule has 0 amide bonds. The molecule has 0 aromatic heterocycles. The predicted molar refractivity (Wildman–Crippen MR) is 64.1 cm³/mol. The van der Waals surface area contributed by atoms with Gasteiger partial charge in [-0.05, 0) is 24.9 Å². The Morgan fingerprint density at radius 1 is 1.25 bits per heavy atom. The summed E-state index contributed by atoms with van der Waals surface area (Å²) in [5, 5.41) is 4.95. The van der Waals surface area contributed by atoms with Gasteiger partial charge in [0, 0.05) is 25.0 Å². The molecule has 2 aliphatic rings. The van der Waals surface area contributed by atoms with Gasteiger partial charge in [0.15, 0.2) is 6.04 Å². The van der Waals surface area contributed by atoms with E-state index in [1.54, 1.807) is 0 Å². The molecule has 2 atom stereocenters. The van der Waals surface area contributed by atoms with Gasteiger partial charge < -0.3 is 0 Å². The van der Waals surface area contributed by atoms with E-state index in [1.807, 2.05) is 0 Å². The molecule has 1 fully saturated rings. The van der Waals surface area contributed by atoms with Crippen LogP contribution in [0.4, 0.5) is 5.69 Å². The average Bonchev–Trinajstić information content (AvgIpc) is 2.50. The molecule has 1 saturated carbocycles. The van der Waals surface area contributed by atoms with Crippen LogP contribution in [0.5, 0.6) is 0 Å². The monoisotopic (exact) mass is 215 g/mol. The van der Waals surface area contributed by atoms with Crippen molar-refractivity contribution in [1.29, 1.82) is 0 Å². The minimum Gasteiger partial charge on any atom is -0.0858 e. The number of nitrogens with zero attached hydrogens (tertiary/aromatic N) is 2. The SMILES string of the molecule is C[C@]12CCCC[C@@H](C1)[N+](c1ccccc1)=N2. The quantitative estimate of drug-likeness (QED) is 0.632. The molecular weight excluding hydrogens is 196 g/mol. The fourth-order valence-electron chi connectivity index (χ4n) is 3.09. The Morgan fingerprint density at radius 3 is 2.88 bits per heavy atom. The van der Waals surface area contributed by atoms with E-state index >= 15 is 0 Å². The minimum atomic E-state index is 0.205. The zero-order valence-corrected chi connectivity index (χ0v) is 9.89. The lowest BCUT2D eigenvalue weighted by Crippen LogP contribution is -2.19. The standard InChI is InChI=1S/C14H19N2/c1-14-10-6-5-9-13(11-14)16(15-14)12-7-3-2-4-8-12/h2-4,7-8,13H,5-6,9-11H2,1H3/q+1/t13-,14-/m0/s1. The topological polar surface area (TPSA) is 15.4 Å². The maximum absolute atomic E-state index is 4.95. The molecule has 2 heteroatoms. The van der Waals surface area contributed by atoms with Crippen molar-refractivity contribution >= 4 is 5.69 Å².